The highest BCUT2D eigenvalue weighted by Crippen LogP contribution is 2.65. The summed E-state index contributed by atoms with van der Waals surface area (Å²) in [6.07, 6.45) is 3.93. The molecule has 0 N–H and O–H groups in total. The number of benzene rings is 1. The van der Waals surface area contributed by atoms with E-state index in [4.69, 9.17) is 0 Å². The van der Waals surface area contributed by atoms with Crippen molar-refractivity contribution in [2.75, 3.05) is 0 Å². The summed E-state index contributed by atoms with van der Waals surface area (Å²) in [4.78, 5) is 23.0. The van der Waals surface area contributed by atoms with Crippen molar-refractivity contribution in [2.45, 2.75) is 33.6 Å². The van der Waals surface area contributed by atoms with Gasteiger partial charge in [-0.1, -0.05) is 20.8 Å². The second-order valence-electron chi connectivity index (χ2n) is 6.92. The summed E-state index contributed by atoms with van der Waals surface area (Å²) >= 11 is 0. The predicted molar refractivity (Wildman–Crippen MR) is 80.7 cm³/mol. The molecule has 2 bridgehead atoms. The molecule has 1 aromatic rings. The summed E-state index contributed by atoms with van der Waals surface area (Å²) in [5, 5.41) is 10.7. The van der Waals surface area contributed by atoms with Gasteiger partial charge >= 0.3 is 0 Å². The van der Waals surface area contributed by atoms with Gasteiger partial charge in [0.25, 0.3) is 5.69 Å². The normalized spacial score (nSPS) is 31.9. The summed E-state index contributed by atoms with van der Waals surface area (Å²) in [6, 6.07) is 6.38. The molecule has 1 aromatic carbocycles. The Bertz CT molecular complexity index is 657. The first-order valence-corrected chi connectivity index (χ1v) is 7.28. The van der Waals surface area contributed by atoms with Crippen LogP contribution in [0.3, 0.4) is 0 Å². The molecule has 2 fully saturated rings. The molecule has 110 valence electrons. The van der Waals surface area contributed by atoms with Gasteiger partial charge in [0.05, 0.1) is 4.92 Å². The van der Waals surface area contributed by atoms with Gasteiger partial charge in [-0.25, -0.2) is 0 Å². The molecule has 0 saturated heterocycles. The van der Waals surface area contributed by atoms with Gasteiger partial charge < -0.3 is 0 Å². The minimum atomic E-state index is -0.413. The minimum Gasteiger partial charge on any atom is -0.294 e. The minimum absolute atomic E-state index is 0.00328. The molecule has 2 aliphatic rings. The second-order valence-corrected chi connectivity index (χ2v) is 6.92. The number of nitro groups is 1. The molecule has 2 aliphatic carbocycles. The van der Waals surface area contributed by atoms with Crippen LogP contribution in [0.4, 0.5) is 5.69 Å². The van der Waals surface area contributed by atoms with E-state index in [1.165, 1.54) is 12.1 Å². The molecule has 3 rings (SSSR count). The molecule has 0 radical (unpaired) electrons. The molecule has 0 aromatic heterocycles. The number of nitro benzene ring substituents is 1. The summed E-state index contributed by atoms with van der Waals surface area (Å²) in [5.41, 5.74) is 1.56. The molecule has 0 spiro atoms. The lowest BCUT2D eigenvalue weighted by atomic mass is 9.70. The second kappa shape index (κ2) is 4.26. The average Bonchev–Trinajstić information content (AvgIpc) is 2.74. The van der Waals surface area contributed by atoms with Crippen molar-refractivity contribution in [3.05, 3.63) is 45.5 Å². The van der Waals surface area contributed by atoms with E-state index < -0.39 is 4.92 Å². The smallest absolute Gasteiger partial charge is 0.269 e. The average molecular weight is 285 g/mol. The number of hydrogen-bond donors (Lipinski definition) is 0. The number of hydrogen-bond acceptors (Lipinski definition) is 3. The van der Waals surface area contributed by atoms with E-state index >= 15 is 0 Å². The zero-order valence-electron chi connectivity index (χ0n) is 12.6. The molecule has 0 heterocycles. The maximum atomic E-state index is 12.7. The number of Topliss-reactive ketones (excluding diaryl/α,β-unsaturated/α-hetero) is 1. The molecule has 0 aliphatic heterocycles. The number of carbonyl (C=O) groups is 1. The van der Waals surface area contributed by atoms with E-state index in [9.17, 15) is 14.9 Å². The zero-order valence-corrected chi connectivity index (χ0v) is 12.6. The topological polar surface area (TPSA) is 60.2 Å². The SMILES string of the molecule is CC12CCC(C(=Cc3ccc([N+](=O)[O-])cc3)C1=O)C2(C)C. The van der Waals surface area contributed by atoms with Gasteiger partial charge in [-0.15, -0.1) is 0 Å². The van der Waals surface area contributed by atoms with Crippen molar-refractivity contribution in [1.82, 2.24) is 0 Å². The van der Waals surface area contributed by atoms with E-state index in [1.54, 1.807) is 12.1 Å². The third-order valence-electron chi connectivity index (χ3n) is 5.79. The molecule has 2 atom stereocenters. The Labute approximate surface area is 124 Å². The number of rotatable bonds is 2. The lowest BCUT2D eigenvalue weighted by Crippen LogP contribution is -2.32. The first-order chi connectivity index (χ1) is 9.77. The van der Waals surface area contributed by atoms with Crippen LogP contribution in [0.1, 0.15) is 39.2 Å². The number of carbonyl (C=O) groups excluding carboxylic acids is 1. The Kier molecular flexibility index (Phi) is 2.84. The highest BCUT2D eigenvalue weighted by Gasteiger charge is 2.63. The van der Waals surface area contributed by atoms with Crippen LogP contribution in [0.2, 0.25) is 0 Å². The fourth-order valence-corrected chi connectivity index (χ4v) is 3.97. The van der Waals surface area contributed by atoms with Crippen molar-refractivity contribution in [2.24, 2.45) is 16.7 Å². The molecule has 2 saturated carbocycles. The van der Waals surface area contributed by atoms with E-state index in [0.29, 0.717) is 5.92 Å². The predicted octanol–water partition coefficient (Wildman–Crippen LogP) is 4.00. The lowest BCUT2D eigenvalue weighted by molar-refractivity contribution is -0.384. The van der Waals surface area contributed by atoms with Crippen LogP contribution >= 0.6 is 0 Å². The number of non-ortho nitro benzene ring substituents is 1. The van der Waals surface area contributed by atoms with Crippen LogP contribution < -0.4 is 0 Å². The largest absolute Gasteiger partial charge is 0.294 e. The Balaban J connectivity index is 1.98. The van der Waals surface area contributed by atoms with Crippen LogP contribution in [0.5, 0.6) is 0 Å². The Morgan fingerprint density at radius 2 is 1.86 bits per heavy atom. The third kappa shape index (κ3) is 1.78. The Hall–Kier alpha value is -1.97. The number of allylic oxidation sites excluding steroid dienone is 1. The van der Waals surface area contributed by atoms with Crippen LogP contribution in [0.15, 0.2) is 29.8 Å². The Morgan fingerprint density at radius 3 is 2.33 bits per heavy atom. The molecule has 4 heteroatoms. The van der Waals surface area contributed by atoms with Gasteiger partial charge in [-0.2, -0.15) is 0 Å². The van der Waals surface area contributed by atoms with E-state index in [1.807, 2.05) is 6.08 Å². The quantitative estimate of drug-likeness (QED) is 0.468. The van der Waals surface area contributed by atoms with E-state index in [2.05, 4.69) is 20.8 Å². The van der Waals surface area contributed by atoms with E-state index in [0.717, 1.165) is 24.0 Å². The fourth-order valence-electron chi connectivity index (χ4n) is 3.97. The summed E-state index contributed by atoms with van der Waals surface area (Å²) in [6.45, 7) is 6.44. The van der Waals surface area contributed by atoms with Crippen LogP contribution in [-0.2, 0) is 4.79 Å². The van der Waals surface area contributed by atoms with Crippen molar-refractivity contribution in [3.63, 3.8) is 0 Å². The highest BCUT2D eigenvalue weighted by molar-refractivity contribution is 6.07. The van der Waals surface area contributed by atoms with Gasteiger partial charge in [0.1, 0.15) is 0 Å². The van der Waals surface area contributed by atoms with Gasteiger partial charge in [0, 0.05) is 17.5 Å². The number of nitrogens with zero attached hydrogens (tertiary/aromatic N) is 1. The Morgan fingerprint density at radius 1 is 1.24 bits per heavy atom. The van der Waals surface area contributed by atoms with Crippen LogP contribution in [-0.4, -0.2) is 10.7 Å². The lowest BCUT2D eigenvalue weighted by Gasteiger charge is -2.31. The third-order valence-corrected chi connectivity index (χ3v) is 5.79. The highest BCUT2D eigenvalue weighted by atomic mass is 16.6. The molecular weight excluding hydrogens is 266 g/mol. The number of fused-ring (bicyclic) bond motifs is 2. The monoisotopic (exact) mass is 285 g/mol. The maximum absolute atomic E-state index is 12.7. The van der Waals surface area contributed by atoms with Crippen LogP contribution in [0, 0.1) is 26.9 Å². The zero-order chi connectivity index (χ0) is 15.4. The van der Waals surface area contributed by atoms with Crippen LogP contribution in [0.25, 0.3) is 6.08 Å². The first-order valence-electron chi connectivity index (χ1n) is 7.28. The fraction of sp³-hybridized carbons (Fsp3) is 0.471. The molecular formula is C17H19NO3. The molecule has 4 nitrogen and oxygen atoms in total. The van der Waals surface area contributed by atoms with Gasteiger partial charge in [0.15, 0.2) is 5.78 Å². The van der Waals surface area contributed by atoms with Gasteiger partial charge in [0.2, 0.25) is 0 Å². The summed E-state index contributed by atoms with van der Waals surface area (Å²) in [5.74, 6) is 0.548. The molecule has 2 unspecified atom stereocenters. The maximum Gasteiger partial charge on any atom is 0.269 e. The van der Waals surface area contributed by atoms with Gasteiger partial charge in [-0.3, -0.25) is 14.9 Å². The summed E-state index contributed by atoms with van der Waals surface area (Å²) < 4.78 is 0. The van der Waals surface area contributed by atoms with Crippen molar-refractivity contribution >= 4 is 17.5 Å². The van der Waals surface area contributed by atoms with E-state index in [-0.39, 0.29) is 22.3 Å². The van der Waals surface area contributed by atoms with Crippen molar-refractivity contribution in [1.29, 1.82) is 0 Å². The standard InChI is InChI=1S/C17H19NO3/c1-16(2)14-8-9-17(16,3)15(19)13(14)10-11-4-6-12(7-5-11)18(20)21/h4-7,10,14H,8-9H2,1-3H3. The number of ketones is 1. The summed E-state index contributed by atoms with van der Waals surface area (Å²) in [7, 11) is 0. The molecule has 0 amide bonds. The molecule has 21 heavy (non-hydrogen) atoms. The van der Waals surface area contributed by atoms with Crippen molar-refractivity contribution < 1.29 is 9.72 Å². The first kappa shape index (κ1) is 14.0. The van der Waals surface area contributed by atoms with Gasteiger partial charge in [-0.05, 0) is 53.5 Å². The van der Waals surface area contributed by atoms with Crippen molar-refractivity contribution in [3.8, 4) is 0 Å².